The molecule has 10 nitrogen and oxygen atoms in total. The summed E-state index contributed by atoms with van der Waals surface area (Å²) in [6, 6.07) is 0. The van der Waals surface area contributed by atoms with Crippen LogP contribution in [0.3, 0.4) is 0 Å². The van der Waals surface area contributed by atoms with E-state index >= 15 is 0 Å². The van der Waals surface area contributed by atoms with Gasteiger partial charge in [-0.3, -0.25) is 9.59 Å². The maximum Gasteiger partial charge on any atom is 0.407 e. The zero-order valence-electron chi connectivity index (χ0n) is 36.2. The van der Waals surface area contributed by atoms with Crippen molar-refractivity contribution in [2.75, 3.05) is 59.2 Å². The number of unbranched alkanes of at least 4 members (excludes halogenated alkanes) is 15. The first-order valence-corrected chi connectivity index (χ1v) is 22.8. The van der Waals surface area contributed by atoms with Crippen LogP contribution in [0, 0.1) is 11.8 Å². The van der Waals surface area contributed by atoms with Gasteiger partial charge in [-0.1, -0.05) is 122 Å². The van der Waals surface area contributed by atoms with E-state index in [1.54, 1.807) is 0 Å². The molecule has 1 rings (SSSR count). The summed E-state index contributed by atoms with van der Waals surface area (Å²) in [6.45, 7) is 15.0. The van der Waals surface area contributed by atoms with E-state index < -0.39 is 18.3 Å². The molecular formula is C46H84N2O8. The molecule has 2 atom stereocenters. The Balaban J connectivity index is 2.57. The fourth-order valence-corrected chi connectivity index (χ4v) is 6.78. The molecule has 1 aliphatic rings. The van der Waals surface area contributed by atoms with Gasteiger partial charge in [0.1, 0.15) is 19.8 Å². The number of esters is 2. The van der Waals surface area contributed by atoms with Crippen molar-refractivity contribution in [3.63, 3.8) is 0 Å². The zero-order chi connectivity index (χ0) is 40.7. The van der Waals surface area contributed by atoms with Gasteiger partial charge in [-0.25, -0.2) is 4.79 Å². The Morgan fingerprint density at radius 2 is 1.30 bits per heavy atom. The Hall–Kier alpha value is -2.43. The summed E-state index contributed by atoms with van der Waals surface area (Å²) < 4.78 is 28.9. The first-order valence-electron chi connectivity index (χ1n) is 22.8. The van der Waals surface area contributed by atoms with E-state index in [1.165, 1.54) is 64.2 Å². The van der Waals surface area contributed by atoms with E-state index in [0.29, 0.717) is 38.5 Å². The Kier molecular flexibility index (Phi) is 35.1. The highest BCUT2D eigenvalue weighted by Gasteiger charge is 2.20. The fourth-order valence-electron chi connectivity index (χ4n) is 6.78. The monoisotopic (exact) mass is 793 g/mol. The number of amides is 1. The third-order valence-corrected chi connectivity index (χ3v) is 10.3. The molecule has 1 amide bonds. The number of hydrogen-bond donors (Lipinski definition) is 1. The van der Waals surface area contributed by atoms with Crippen LogP contribution >= 0.6 is 0 Å². The number of hydrogen-bond acceptors (Lipinski definition) is 9. The number of rotatable bonds is 38. The highest BCUT2D eigenvalue weighted by Crippen LogP contribution is 2.16. The molecule has 0 aromatic heterocycles. The van der Waals surface area contributed by atoms with Crippen molar-refractivity contribution in [3.8, 4) is 0 Å². The van der Waals surface area contributed by atoms with E-state index in [9.17, 15) is 14.4 Å². The molecule has 0 saturated carbocycles. The van der Waals surface area contributed by atoms with Crippen molar-refractivity contribution < 1.29 is 38.1 Å². The number of allylic oxidation sites excluding steroid dienone is 3. The van der Waals surface area contributed by atoms with Gasteiger partial charge in [-0.2, -0.15) is 0 Å². The van der Waals surface area contributed by atoms with Gasteiger partial charge in [-0.15, -0.1) is 6.58 Å². The van der Waals surface area contributed by atoms with Crippen LogP contribution in [-0.2, 0) is 33.3 Å². The first-order chi connectivity index (χ1) is 27.4. The lowest BCUT2D eigenvalue weighted by atomic mass is 10.0. The van der Waals surface area contributed by atoms with Gasteiger partial charge in [0.15, 0.2) is 6.29 Å². The van der Waals surface area contributed by atoms with Crippen molar-refractivity contribution in [2.45, 2.75) is 181 Å². The summed E-state index contributed by atoms with van der Waals surface area (Å²) in [4.78, 5) is 40.5. The average Bonchev–Trinajstić information content (AvgIpc) is 3.19. The molecule has 1 heterocycles. The second-order valence-electron chi connectivity index (χ2n) is 15.9. The Morgan fingerprint density at radius 1 is 0.732 bits per heavy atom. The van der Waals surface area contributed by atoms with Gasteiger partial charge in [0.25, 0.3) is 0 Å². The summed E-state index contributed by atoms with van der Waals surface area (Å²) >= 11 is 0. The van der Waals surface area contributed by atoms with Gasteiger partial charge in [-0.05, 0) is 63.8 Å². The summed E-state index contributed by atoms with van der Waals surface area (Å²) in [7, 11) is 0. The molecule has 326 valence electrons. The number of nitrogens with zero attached hydrogens (tertiary/aromatic N) is 1. The van der Waals surface area contributed by atoms with Crippen molar-refractivity contribution in [1.29, 1.82) is 0 Å². The predicted molar refractivity (Wildman–Crippen MR) is 228 cm³/mol. The van der Waals surface area contributed by atoms with Crippen molar-refractivity contribution in [2.24, 2.45) is 11.8 Å². The molecule has 1 N–H and O–H groups in total. The second kappa shape index (κ2) is 38.1. The summed E-state index contributed by atoms with van der Waals surface area (Å²) in [5, 5.41) is 2.84. The first kappa shape index (κ1) is 51.6. The van der Waals surface area contributed by atoms with Crippen molar-refractivity contribution in [1.82, 2.24) is 10.2 Å². The molecular weight excluding hydrogens is 709 g/mol. The van der Waals surface area contributed by atoms with E-state index in [2.05, 4.69) is 49.7 Å². The number of nitrogens with one attached hydrogen (secondary N) is 1. The maximum atomic E-state index is 12.9. The smallest absolute Gasteiger partial charge is 0.407 e. The van der Waals surface area contributed by atoms with Crippen LogP contribution < -0.4 is 5.32 Å². The molecule has 0 aromatic carbocycles. The Labute approximate surface area is 342 Å². The summed E-state index contributed by atoms with van der Waals surface area (Å²) in [6.07, 6.45) is 29.8. The molecule has 0 aliphatic carbocycles. The fraction of sp³-hybridized carbons (Fsp3) is 0.848. The molecule has 1 unspecified atom stereocenters. The third-order valence-electron chi connectivity index (χ3n) is 10.3. The molecule has 56 heavy (non-hydrogen) atoms. The lowest BCUT2D eigenvalue weighted by molar-refractivity contribution is -0.161. The molecule has 0 radical (unpaired) electrons. The summed E-state index contributed by atoms with van der Waals surface area (Å²) in [5.41, 5.74) is 0. The quantitative estimate of drug-likeness (QED) is 0.0215. The largest absolute Gasteiger partial charge is 0.465 e. The molecule has 0 bridgehead atoms. The van der Waals surface area contributed by atoms with Gasteiger partial charge in [0.05, 0.1) is 12.3 Å². The number of piperidine rings is 1. The highest BCUT2D eigenvalue weighted by atomic mass is 16.7. The van der Waals surface area contributed by atoms with E-state index in [4.69, 9.17) is 23.7 Å². The van der Waals surface area contributed by atoms with Crippen molar-refractivity contribution >= 4 is 18.0 Å². The molecule has 10 heteroatoms. The number of likely N-dealkylation sites (tertiary alicyclic amines) is 1. The Bertz CT molecular complexity index is 974. The average molecular weight is 793 g/mol. The Morgan fingerprint density at radius 3 is 1.93 bits per heavy atom. The minimum Gasteiger partial charge on any atom is -0.465 e. The predicted octanol–water partition coefficient (Wildman–Crippen LogP) is 10.9. The normalized spacial score (nSPS) is 15.2. The van der Waals surface area contributed by atoms with E-state index in [-0.39, 0.29) is 38.2 Å². The van der Waals surface area contributed by atoms with Crippen LogP contribution in [0.2, 0.25) is 0 Å². The van der Waals surface area contributed by atoms with Gasteiger partial charge >= 0.3 is 18.0 Å². The topological polar surface area (TPSA) is 113 Å². The lowest BCUT2D eigenvalue weighted by Gasteiger charge is -2.30. The summed E-state index contributed by atoms with van der Waals surface area (Å²) in [5.74, 6) is -0.478. The van der Waals surface area contributed by atoms with Gasteiger partial charge < -0.3 is 33.9 Å². The third kappa shape index (κ3) is 32.6. The maximum absolute atomic E-state index is 12.9. The lowest BCUT2D eigenvalue weighted by Crippen LogP contribution is -2.40. The number of carbonyl (C=O) groups excluding carboxylic acids is 3. The zero-order valence-corrected chi connectivity index (χ0v) is 36.2. The number of ether oxygens (including phenoxy) is 5. The minimum absolute atomic E-state index is 0.00740. The van der Waals surface area contributed by atoms with Crippen molar-refractivity contribution in [3.05, 3.63) is 24.8 Å². The van der Waals surface area contributed by atoms with E-state index in [1.807, 2.05) is 6.08 Å². The van der Waals surface area contributed by atoms with Crippen LogP contribution in [0.4, 0.5) is 4.79 Å². The van der Waals surface area contributed by atoms with Crippen LogP contribution in [-0.4, -0.2) is 88.4 Å². The highest BCUT2D eigenvalue weighted by molar-refractivity contribution is 5.70. The van der Waals surface area contributed by atoms with Gasteiger partial charge in [0.2, 0.25) is 0 Å². The number of alkyl carbamates (subject to hydrolysis) is 1. The molecule has 1 aliphatic heterocycles. The molecule has 0 spiro atoms. The molecule has 1 saturated heterocycles. The molecule has 0 aromatic rings. The second-order valence-corrected chi connectivity index (χ2v) is 15.9. The standard InChI is InChI=1S/C46H84N2O8/c1-5-8-11-14-17-18-19-20-21-24-29-43(49)54-38-42(40-56-46(51)47-32-34-48-33-27-28-41(4)37-48)39-55-44(50)30-31-45(52-35-25-22-15-12-9-6-2)53-36-26-23-16-13-10-7-3/h5,11,14,41-42,45H,1,6-10,12-13,15-40H2,2-4H3,(H,47,51)/b14-11-/t41-,42?/m0/s1. The van der Waals surface area contributed by atoms with Crippen LogP contribution in [0.25, 0.3) is 0 Å². The number of carbonyl (C=O) groups is 3. The van der Waals surface area contributed by atoms with Crippen LogP contribution in [0.5, 0.6) is 0 Å². The minimum atomic E-state index is -0.526. The molecule has 1 fully saturated rings. The van der Waals surface area contributed by atoms with Gasteiger partial charge in [0, 0.05) is 45.7 Å². The van der Waals surface area contributed by atoms with Crippen LogP contribution in [0.1, 0.15) is 175 Å². The van der Waals surface area contributed by atoms with E-state index in [0.717, 1.165) is 90.3 Å². The SMILES string of the molecule is C=CC/C=C\CCCCCCCC(=O)OCC(COC(=O)CCC(OCCCCCCCC)OCCCCCCCC)COC(=O)NCCN1CCC[C@H](C)C1. The van der Waals surface area contributed by atoms with Crippen LogP contribution in [0.15, 0.2) is 24.8 Å².